The van der Waals surface area contributed by atoms with Crippen LogP contribution in [0.3, 0.4) is 0 Å². The first-order chi connectivity index (χ1) is 13.2. The maximum atomic E-state index is 13.2. The van der Waals surface area contributed by atoms with Crippen LogP contribution in [0.1, 0.15) is 17.7 Å². The second-order valence-electron chi connectivity index (χ2n) is 6.26. The number of halogens is 4. The quantitative estimate of drug-likeness (QED) is 0.747. The minimum absolute atomic E-state index is 0.118. The zero-order valence-electron chi connectivity index (χ0n) is 14.5. The standard InChI is InChI=1S/C18H17F4N4O2/c19-10-1-4-15(14(7-10)18(20,21)22)26-12-3-2-11(24-9-12)8-25-17(27)13-5-6-28-16(13)23/h1-4,7,9,13,16,23,26H,5-6,8H2,(H,25,27)/q-1. The Bertz CT molecular complexity index is 842. The number of ether oxygens (including phenoxy) is 1. The third-order valence-corrected chi connectivity index (χ3v) is 4.26. The van der Waals surface area contributed by atoms with Crippen molar-refractivity contribution in [1.82, 2.24) is 10.3 Å². The van der Waals surface area contributed by atoms with Gasteiger partial charge < -0.3 is 21.1 Å². The number of carbonyl (C=O) groups excluding carboxylic acids is 1. The number of alkyl halides is 3. The molecule has 28 heavy (non-hydrogen) atoms. The van der Waals surface area contributed by atoms with Crippen LogP contribution in [-0.4, -0.2) is 23.7 Å². The lowest BCUT2D eigenvalue weighted by Gasteiger charge is -2.20. The molecule has 2 heterocycles. The van der Waals surface area contributed by atoms with Crippen molar-refractivity contribution in [1.29, 1.82) is 0 Å². The lowest BCUT2D eigenvalue weighted by molar-refractivity contribution is -0.137. The first-order valence-corrected chi connectivity index (χ1v) is 8.43. The summed E-state index contributed by atoms with van der Waals surface area (Å²) in [6.45, 7) is 0.487. The van der Waals surface area contributed by atoms with Crippen LogP contribution >= 0.6 is 0 Å². The molecule has 0 saturated carbocycles. The largest absolute Gasteiger partial charge is 0.651 e. The summed E-state index contributed by atoms with van der Waals surface area (Å²) in [4.78, 5) is 16.1. The molecule has 0 radical (unpaired) electrons. The summed E-state index contributed by atoms with van der Waals surface area (Å²) in [6.07, 6.45) is -3.79. The molecule has 0 bridgehead atoms. The highest BCUT2D eigenvalue weighted by Crippen LogP contribution is 2.36. The van der Waals surface area contributed by atoms with Crippen molar-refractivity contribution >= 4 is 17.3 Å². The number of amides is 1. The van der Waals surface area contributed by atoms with E-state index in [9.17, 15) is 22.4 Å². The van der Waals surface area contributed by atoms with Crippen molar-refractivity contribution in [2.24, 2.45) is 5.92 Å². The first-order valence-electron chi connectivity index (χ1n) is 8.43. The molecule has 1 aliphatic rings. The average Bonchev–Trinajstić information content (AvgIpc) is 3.07. The Morgan fingerprint density at radius 3 is 2.68 bits per heavy atom. The summed E-state index contributed by atoms with van der Waals surface area (Å²) in [5.74, 6) is -1.81. The molecule has 1 fully saturated rings. The minimum Gasteiger partial charge on any atom is -0.651 e. The van der Waals surface area contributed by atoms with Crippen LogP contribution in [0.2, 0.25) is 0 Å². The molecular formula is C18H17F4N4O2-. The summed E-state index contributed by atoms with van der Waals surface area (Å²) < 4.78 is 57.3. The van der Waals surface area contributed by atoms with Gasteiger partial charge in [-0.05, 0) is 43.0 Å². The molecule has 10 heteroatoms. The van der Waals surface area contributed by atoms with Gasteiger partial charge in [-0.2, -0.15) is 13.2 Å². The highest BCUT2D eigenvalue weighted by molar-refractivity contribution is 5.79. The van der Waals surface area contributed by atoms with Gasteiger partial charge in [-0.3, -0.25) is 9.78 Å². The number of benzene rings is 1. The summed E-state index contributed by atoms with van der Waals surface area (Å²) >= 11 is 0. The number of aromatic nitrogens is 1. The second-order valence-corrected chi connectivity index (χ2v) is 6.26. The highest BCUT2D eigenvalue weighted by Gasteiger charge is 2.34. The maximum Gasteiger partial charge on any atom is 0.418 e. The van der Waals surface area contributed by atoms with Crippen LogP contribution in [-0.2, 0) is 22.3 Å². The van der Waals surface area contributed by atoms with Gasteiger partial charge in [0.1, 0.15) is 5.82 Å². The number of carbonyl (C=O) groups is 1. The Balaban J connectivity index is 1.63. The maximum absolute atomic E-state index is 13.2. The van der Waals surface area contributed by atoms with E-state index in [1.807, 2.05) is 0 Å². The number of anilines is 2. The molecule has 6 nitrogen and oxygen atoms in total. The third kappa shape index (κ3) is 4.76. The van der Waals surface area contributed by atoms with E-state index in [1.54, 1.807) is 6.07 Å². The van der Waals surface area contributed by atoms with E-state index in [0.29, 0.717) is 24.8 Å². The van der Waals surface area contributed by atoms with Crippen molar-refractivity contribution in [2.45, 2.75) is 25.4 Å². The summed E-state index contributed by atoms with van der Waals surface area (Å²) in [6, 6.07) is 5.41. The number of hydrogen-bond acceptors (Lipinski definition) is 4. The van der Waals surface area contributed by atoms with Crippen LogP contribution in [0.25, 0.3) is 5.73 Å². The monoisotopic (exact) mass is 397 g/mol. The highest BCUT2D eigenvalue weighted by atomic mass is 19.4. The Labute approximate surface area is 158 Å². The molecule has 1 saturated heterocycles. The number of nitrogens with zero attached hydrogens (tertiary/aromatic N) is 1. The van der Waals surface area contributed by atoms with Crippen molar-refractivity contribution < 1.29 is 27.1 Å². The molecule has 1 amide bonds. The third-order valence-electron chi connectivity index (χ3n) is 4.26. The van der Waals surface area contributed by atoms with E-state index >= 15 is 0 Å². The lowest BCUT2D eigenvalue weighted by atomic mass is 10.1. The van der Waals surface area contributed by atoms with Crippen LogP contribution in [0, 0.1) is 11.7 Å². The molecule has 0 aliphatic carbocycles. The fraction of sp³-hybridized carbons (Fsp3) is 0.333. The molecule has 3 rings (SSSR count). The van der Waals surface area contributed by atoms with Crippen LogP contribution in [0.5, 0.6) is 0 Å². The minimum atomic E-state index is -4.71. The fourth-order valence-electron chi connectivity index (χ4n) is 2.79. The van der Waals surface area contributed by atoms with Crippen LogP contribution in [0.15, 0.2) is 36.5 Å². The summed E-state index contributed by atoms with van der Waals surface area (Å²) in [5.41, 5.74) is 6.97. The molecule has 2 aromatic rings. The van der Waals surface area contributed by atoms with Crippen LogP contribution < -0.4 is 10.6 Å². The molecule has 1 aromatic heterocycles. The van der Waals surface area contributed by atoms with E-state index in [-0.39, 0.29) is 23.8 Å². The van der Waals surface area contributed by atoms with Gasteiger partial charge in [0.2, 0.25) is 5.91 Å². The Kier molecular flexibility index (Phi) is 5.80. The number of nitrogens with one attached hydrogen (secondary N) is 3. The van der Waals surface area contributed by atoms with Gasteiger partial charge in [0.15, 0.2) is 0 Å². The van der Waals surface area contributed by atoms with Gasteiger partial charge in [-0.1, -0.05) is 0 Å². The molecule has 0 spiro atoms. The molecule has 2 atom stereocenters. The van der Waals surface area contributed by atoms with E-state index in [2.05, 4.69) is 15.6 Å². The zero-order valence-corrected chi connectivity index (χ0v) is 14.5. The predicted molar refractivity (Wildman–Crippen MR) is 92.9 cm³/mol. The Hall–Kier alpha value is -2.72. The molecule has 3 N–H and O–H groups in total. The Morgan fingerprint density at radius 2 is 2.07 bits per heavy atom. The average molecular weight is 397 g/mol. The number of rotatable bonds is 5. The molecular weight excluding hydrogens is 380 g/mol. The van der Waals surface area contributed by atoms with Gasteiger partial charge in [-0.15, -0.1) is 0 Å². The van der Waals surface area contributed by atoms with Crippen molar-refractivity contribution in [2.75, 3.05) is 11.9 Å². The Morgan fingerprint density at radius 1 is 1.29 bits per heavy atom. The predicted octanol–water partition coefficient (Wildman–Crippen LogP) is 4.01. The van der Waals surface area contributed by atoms with Gasteiger partial charge in [-0.25, -0.2) is 4.39 Å². The van der Waals surface area contributed by atoms with E-state index in [1.165, 1.54) is 12.3 Å². The van der Waals surface area contributed by atoms with Gasteiger partial charge in [0.25, 0.3) is 0 Å². The molecule has 1 aliphatic heterocycles. The van der Waals surface area contributed by atoms with Gasteiger partial charge in [0, 0.05) is 12.5 Å². The first kappa shape index (κ1) is 20.0. The number of pyridine rings is 1. The van der Waals surface area contributed by atoms with Crippen LogP contribution in [0.4, 0.5) is 28.9 Å². The smallest absolute Gasteiger partial charge is 0.418 e. The fourth-order valence-corrected chi connectivity index (χ4v) is 2.79. The van der Waals surface area contributed by atoms with E-state index in [4.69, 9.17) is 10.5 Å². The van der Waals surface area contributed by atoms with Crippen molar-refractivity contribution in [3.63, 3.8) is 0 Å². The van der Waals surface area contributed by atoms with E-state index in [0.717, 1.165) is 12.1 Å². The molecule has 150 valence electrons. The van der Waals surface area contributed by atoms with Gasteiger partial charge in [0.05, 0.1) is 35.4 Å². The van der Waals surface area contributed by atoms with E-state index < -0.39 is 29.7 Å². The normalized spacial score (nSPS) is 19.5. The van der Waals surface area contributed by atoms with Crippen molar-refractivity contribution in [3.05, 3.63) is 59.3 Å². The van der Waals surface area contributed by atoms with Gasteiger partial charge >= 0.3 is 6.18 Å². The summed E-state index contributed by atoms with van der Waals surface area (Å²) in [7, 11) is 0. The van der Waals surface area contributed by atoms with Crippen molar-refractivity contribution in [3.8, 4) is 0 Å². The lowest BCUT2D eigenvalue weighted by Crippen LogP contribution is -2.33. The second kappa shape index (κ2) is 8.11. The number of hydrogen-bond donors (Lipinski definition) is 2. The topological polar surface area (TPSA) is 87.0 Å². The molecule has 2 unspecified atom stereocenters. The molecule has 1 aromatic carbocycles. The summed E-state index contributed by atoms with van der Waals surface area (Å²) in [5, 5.41) is 5.23. The zero-order chi connectivity index (χ0) is 20.3. The SMILES string of the molecule is [NH-]C1OCCC1C(=O)NCc1ccc(Nc2ccc(F)cc2C(F)(F)F)cn1.